The Morgan fingerprint density at radius 2 is 2.00 bits per heavy atom. The zero-order chi connectivity index (χ0) is 19.5. The van der Waals surface area contributed by atoms with Crippen molar-refractivity contribution in [2.75, 3.05) is 13.7 Å². The van der Waals surface area contributed by atoms with Crippen LogP contribution in [0, 0.1) is 5.92 Å². The van der Waals surface area contributed by atoms with Crippen LogP contribution in [0.2, 0.25) is 0 Å². The third kappa shape index (κ3) is 3.89. The molecule has 0 unspecified atom stereocenters. The van der Waals surface area contributed by atoms with Gasteiger partial charge in [0.05, 0.1) is 13.7 Å². The number of amides is 4. The van der Waals surface area contributed by atoms with Crippen molar-refractivity contribution in [2.24, 2.45) is 5.92 Å². The molecule has 1 aliphatic heterocycles. The summed E-state index contributed by atoms with van der Waals surface area (Å²) in [6.45, 7) is 7.96. The predicted octanol–water partition coefficient (Wildman–Crippen LogP) is 2.10. The van der Waals surface area contributed by atoms with Crippen molar-refractivity contribution in [2.45, 2.75) is 39.7 Å². The summed E-state index contributed by atoms with van der Waals surface area (Å²) in [6, 6.07) is 4.02. The number of ether oxygens (including phenoxy) is 2. The van der Waals surface area contributed by atoms with Gasteiger partial charge in [-0.1, -0.05) is 20.8 Å². The summed E-state index contributed by atoms with van der Waals surface area (Å²) in [5, 5.41) is 3.28. The van der Waals surface area contributed by atoms with Crippen LogP contribution in [0.1, 0.15) is 44.5 Å². The van der Waals surface area contributed by atoms with Gasteiger partial charge in [-0.15, -0.1) is 0 Å². The molecule has 1 aromatic carbocycles. The van der Waals surface area contributed by atoms with Gasteiger partial charge in [0, 0.05) is 5.56 Å². The smallest absolute Gasteiger partial charge is 0.344 e. The molecule has 0 radical (unpaired) electrons. The second-order valence-electron chi connectivity index (χ2n) is 6.77. The highest BCUT2D eigenvalue weighted by Crippen LogP contribution is 2.28. The second kappa shape index (κ2) is 7.63. The SMILES string of the molecule is CC[C@]1(C)NC(=O)N(NC(=O)c2ccc(OCC(C)C)c(OC)c2)C1=O. The summed E-state index contributed by atoms with van der Waals surface area (Å²) in [4.78, 5) is 36.8. The minimum absolute atomic E-state index is 0.240. The van der Waals surface area contributed by atoms with Gasteiger partial charge < -0.3 is 14.8 Å². The van der Waals surface area contributed by atoms with E-state index in [4.69, 9.17) is 9.47 Å². The normalized spacial score (nSPS) is 19.5. The molecule has 2 rings (SSSR count). The third-order valence-electron chi connectivity index (χ3n) is 4.18. The Morgan fingerprint density at radius 1 is 1.31 bits per heavy atom. The lowest BCUT2D eigenvalue weighted by Crippen LogP contribution is -2.48. The molecule has 1 saturated heterocycles. The fourth-order valence-electron chi connectivity index (χ4n) is 2.38. The fraction of sp³-hybridized carbons (Fsp3) is 0.500. The lowest BCUT2D eigenvalue weighted by Gasteiger charge is -2.19. The molecule has 8 heteroatoms. The molecule has 1 aromatic rings. The molecule has 0 aliphatic carbocycles. The number of rotatable bonds is 7. The van der Waals surface area contributed by atoms with Gasteiger partial charge in [0.15, 0.2) is 11.5 Å². The maximum absolute atomic E-state index is 12.5. The largest absolute Gasteiger partial charge is 0.493 e. The molecule has 8 nitrogen and oxygen atoms in total. The minimum Gasteiger partial charge on any atom is -0.493 e. The van der Waals surface area contributed by atoms with Gasteiger partial charge in [-0.25, -0.2) is 4.79 Å². The number of benzene rings is 1. The first-order valence-corrected chi connectivity index (χ1v) is 8.50. The average molecular weight is 363 g/mol. The number of nitrogens with one attached hydrogen (secondary N) is 2. The van der Waals surface area contributed by atoms with Crippen molar-refractivity contribution >= 4 is 17.8 Å². The van der Waals surface area contributed by atoms with Gasteiger partial charge in [0.25, 0.3) is 11.8 Å². The molecule has 0 spiro atoms. The Labute approximate surface area is 152 Å². The highest BCUT2D eigenvalue weighted by Gasteiger charge is 2.47. The number of nitrogens with zero attached hydrogens (tertiary/aromatic N) is 1. The molecule has 1 atom stereocenters. The second-order valence-corrected chi connectivity index (χ2v) is 6.77. The first-order valence-electron chi connectivity index (χ1n) is 8.50. The van der Waals surface area contributed by atoms with Gasteiger partial charge >= 0.3 is 6.03 Å². The van der Waals surface area contributed by atoms with Crippen molar-refractivity contribution < 1.29 is 23.9 Å². The first-order chi connectivity index (χ1) is 12.2. The van der Waals surface area contributed by atoms with Crippen LogP contribution in [0.5, 0.6) is 11.5 Å². The number of hydrogen-bond acceptors (Lipinski definition) is 5. The van der Waals surface area contributed by atoms with Crippen LogP contribution in [0.3, 0.4) is 0 Å². The van der Waals surface area contributed by atoms with E-state index < -0.39 is 23.4 Å². The molecule has 26 heavy (non-hydrogen) atoms. The van der Waals surface area contributed by atoms with Crippen molar-refractivity contribution in [1.29, 1.82) is 0 Å². The molecule has 1 fully saturated rings. The first kappa shape index (κ1) is 19.6. The summed E-state index contributed by atoms with van der Waals surface area (Å²) in [5.74, 6) is 0.167. The minimum atomic E-state index is -1.02. The van der Waals surface area contributed by atoms with E-state index in [1.54, 1.807) is 26.0 Å². The van der Waals surface area contributed by atoms with Crippen molar-refractivity contribution in [3.8, 4) is 11.5 Å². The van der Waals surface area contributed by atoms with E-state index in [0.717, 1.165) is 0 Å². The lowest BCUT2D eigenvalue weighted by atomic mass is 10.00. The van der Waals surface area contributed by atoms with Gasteiger partial charge in [0.2, 0.25) is 0 Å². The number of carbonyl (C=O) groups is 3. The van der Waals surface area contributed by atoms with Crippen LogP contribution in [0.4, 0.5) is 4.79 Å². The molecule has 1 heterocycles. The van der Waals surface area contributed by atoms with E-state index in [2.05, 4.69) is 10.7 Å². The molecular weight excluding hydrogens is 338 g/mol. The maximum Gasteiger partial charge on any atom is 0.344 e. The highest BCUT2D eigenvalue weighted by molar-refractivity contribution is 6.09. The Kier molecular flexibility index (Phi) is 5.74. The molecule has 142 valence electrons. The fourth-order valence-corrected chi connectivity index (χ4v) is 2.38. The quantitative estimate of drug-likeness (QED) is 0.723. The molecule has 2 N–H and O–H groups in total. The summed E-state index contributed by atoms with van der Waals surface area (Å²) < 4.78 is 10.9. The average Bonchev–Trinajstić information content (AvgIpc) is 2.83. The third-order valence-corrected chi connectivity index (χ3v) is 4.18. The number of methoxy groups -OCH3 is 1. The molecule has 0 saturated carbocycles. The van der Waals surface area contributed by atoms with Crippen LogP contribution < -0.4 is 20.2 Å². The van der Waals surface area contributed by atoms with Gasteiger partial charge in [-0.2, -0.15) is 5.01 Å². The standard InChI is InChI=1S/C18H25N3O5/c1-6-18(4)16(23)21(17(24)19-18)20-15(22)12-7-8-13(14(9-12)25-5)26-10-11(2)3/h7-9,11H,6,10H2,1-5H3,(H,19,24)(H,20,22)/t18-/m0/s1. The van der Waals surface area contributed by atoms with Crippen LogP contribution in [0.25, 0.3) is 0 Å². The van der Waals surface area contributed by atoms with E-state index in [1.165, 1.54) is 13.2 Å². The lowest BCUT2D eigenvalue weighted by molar-refractivity contribution is -0.132. The maximum atomic E-state index is 12.5. The summed E-state index contributed by atoms with van der Waals surface area (Å²) >= 11 is 0. The van der Waals surface area contributed by atoms with E-state index in [9.17, 15) is 14.4 Å². The summed E-state index contributed by atoms with van der Waals surface area (Å²) in [5.41, 5.74) is 1.56. The summed E-state index contributed by atoms with van der Waals surface area (Å²) in [6.07, 6.45) is 0.416. The van der Waals surface area contributed by atoms with Crippen LogP contribution >= 0.6 is 0 Å². The molecule has 1 aliphatic rings. The molecular formula is C18H25N3O5. The van der Waals surface area contributed by atoms with Gasteiger partial charge in [-0.05, 0) is 37.5 Å². The Morgan fingerprint density at radius 3 is 2.54 bits per heavy atom. The number of carbonyl (C=O) groups excluding carboxylic acids is 3. The van der Waals surface area contributed by atoms with E-state index in [-0.39, 0.29) is 5.56 Å². The molecule has 0 bridgehead atoms. The molecule has 0 aromatic heterocycles. The monoisotopic (exact) mass is 363 g/mol. The van der Waals surface area contributed by atoms with E-state index >= 15 is 0 Å². The zero-order valence-electron chi connectivity index (χ0n) is 15.7. The zero-order valence-corrected chi connectivity index (χ0v) is 15.7. The van der Waals surface area contributed by atoms with Crippen LogP contribution in [-0.2, 0) is 4.79 Å². The van der Waals surface area contributed by atoms with E-state index in [0.29, 0.717) is 35.5 Å². The predicted molar refractivity (Wildman–Crippen MR) is 94.9 cm³/mol. The number of imide groups is 1. The van der Waals surface area contributed by atoms with Crippen LogP contribution in [-0.4, -0.2) is 42.1 Å². The van der Waals surface area contributed by atoms with Crippen LogP contribution in [0.15, 0.2) is 18.2 Å². The van der Waals surface area contributed by atoms with Gasteiger partial charge in [0.1, 0.15) is 5.54 Å². The number of hydrogen-bond donors (Lipinski definition) is 2. The topological polar surface area (TPSA) is 97.0 Å². The van der Waals surface area contributed by atoms with Gasteiger partial charge in [-0.3, -0.25) is 15.0 Å². The van der Waals surface area contributed by atoms with Crippen molar-refractivity contribution in [3.63, 3.8) is 0 Å². The summed E-state index contributed by atoms with van der Waals surface area (Å²) in [7, 11) is 1.48. The van der Waals surface area contributed by atoms with E-state index in [1.807, 2.05) is 13.8 Å². The molecule has 4 amide bonds. The van der Waals surface area contributed by atoms with Crippen molar-refractivity contribution in [1.82, 2.24) is 15.8 Å². The number of hydrazine groups is 1. The van der Waals surface area contributed by atoms with Crippen molar-refractivity contribution in [3.05, 3.63) is 23.8 Å². The number of urea groups is 1. The highest BCUT2D eigenvalue weighted by atomic mass is 16.5. The Hall–Kier alpha value is -2.77. The Balaban J connectivity index is 2.15. The Bertz CT molecular complexity index is 719.